The summed E-state index contributed by atoms with van der Waals surface area (Å²) in [7, 11) is 1.55. The van der Waals surface area contributed by atoms with E-state index >= 15 is 0 Å². The Morgan fingerprint density at radius 1 is 1.27 bits per heavy atom. The van der Waals surface area contributed by atoms with Crippen molar-refractivity contribution in [2.24, 2.45) is 0 Å². The van der Waals surface area contributed by atoms with Gasteiger partial charge < -0.3 is 18.9 Å². The second kappa shape index (κ2) is 8.52. The van der Waals surface area contributed by atoms with Crippen LogP contribution in [0, 0.1) is 6.42 Å². The van der Waals surface area contributed by atoms with Crippen LogP contribution in [0.15, 0.2) is 42.0 Å². The molecule has 2 aliphatic rings. The lowest BCUT2D eigenvalue weighted by Gasteiger charge is -2.30. The van der Waals surface area contributed by atoms with Crippen LogP contribution in [0.4, 0.5) is 0 Å². The van der Waals surface area contributed by atoms with Gasteiger partial charge in [-0.25, -0.2) is 0 Å². The molecule has 0 saturated carbocycles. The summed E-state index contributed by atoms with van der Waals surface area (Å²) < 4.78 is 21.7. The number of unbranched alkanes of at least 4 members (excludes halogenated alkanes) is 2. The fourth-order valence-corrected chi connectivity index (χ4v) is 3.15. The van der Waals surface area contributed by atoms with E-state index in [1.807, 2.05) is 37.3 Å². The van der Waals surface area contributed by atoms with Gasteiger partial charge in [0.25, 0.3) is 0 Å². The van der Waals surface area contributed by atoms with Gasteiger partial charge in [0, 0.05) is 20.3 Å². The number of allylic oxidation sites excluding steroid dienone is 2. The maximum Gasteiger partial charge on any atom is 0.231 e. The van der Waals surface area contributed by atoms with Crippen LogP contribution in [-0.4, -0.2) is 32.9 Å². The standard InChI is InChI=1S/C21H25O5/c1-3-24-12-6-4-5-7-16-10-11-21(23-2,20(22)13-16)17-8-9-18-19(14-17)26-15-25-18/h5,8-11,13-14H,3-4,6-7,12,15H2,1-2H3. The van der Waals surface area contributed by atoms with Gasteiger partial charge in [0.2, 0.25) is 6.79 Å². The molecule has 139 valence electrons. The topological polar surface area (TPSA) is 54.0 Å². The summed E-state index contributed by atoms with van der Waals surface area (Å²) in [6.45, 7) is 3.72. The highest BCUT2D eigenvalue weighted by molar-refractivity contribution is 6.01. The molecular weight excluding hydrogens is 332 g/mol. The number of benzene rings is 1. The average Bonchev–Trinajstić information content (AvgIpc) is 3.13. The van der Waals surface area contributed by atoms with Crippen LogP contribution in [0.5, 0.6) is 11.5 Å². The third-order valence-corrected chi connectivity index (χ3v) is 4.62. The van der Waals surface area contributed by atoms with E-state index in [-0.39, 0.29) is 12.6 Å². The number of fused-ring (bicyclic) bond motifs is 1. The van der Waals surface area contributed by atoms with E-state index < -0.39 is 5.60 Å². The first-order valence-corrected chi connectivity index (χ1v) is 8.98. The summed E-state index contributed by atoms with van der Waals surface area (Å²) in [6.07, 6.45) is 10.4. The molecule has 3 rings (SSSR count). The third kappa shape index (κ3) is 3.84. The molecule has 0 bridgehead atoms. The minimum absolute atomic E-state index is 0.0842. The maximum absolute atomic E-state index is 12.9. The van der Waals surface area contributed by atoms with Crippen LogP contribution >= 0.6 is 0 Å². The van der Waals surface area contributed by atoms with E-state index in [4.69, 9.17) is 18.9 Å². The first kappa shape index (κ1) is 18.7. The highest BCUT2D eigenvalue weighted by Crippen LogP contribution is 2.39. The fraction of sp³-hybridized carbons (Fsp3) is 0.429. The summed E-state index contributed by atoms with van der Waals surface area (Å²) in [6, 6.07) is 5.47. The van der Waals surface area contributed by atoms with Crippen LogP contribution in [0.25, 0.3) is 0 Å². The van der Waals surface area contributed by atoms with Crippen molar-refractivity contribution in [2.75, 3.05) is 27.1 Å². The van der Waals surface area contributed by atoms with Gasteiger partial charge in [-0.1, -0.05) is 12.1 Å². The second-order valence-electron chi connectivity index (χ2n) is 6.26. The van der Waals surface area contributed by atoms with Crippen molar-refractivity contribution in [3.05, 3.63) is 54.0 Å². The summed E-state index contributed by atoms with van der Waals surface area (Å²) in [5, 5.41) is 0. The van der Waals surface area contributed by atoms with Crippen LogP contribution in [0.3, 0.4) is 0 Å². The zero-order valence-corrected chi connectivity index (χ0v) is 15.3. The lowest BCUT2D eigenvalue weighted by Crippen LogP contribution is -2.36. The van der Waals surface area contributed by atoms with Crippen LogP contribution in [0.1, 0.15) is 31.7 Å². The van der Waals surface area contributed by atoms with Gasteiger partial charge in [-0.05, 0) is 68.0 Å². The number of hydrogen-bond donors (Lipinski definition) is 0. The number of ketones is 1. The van der Waals surface area contributed by atoms with E-state index in [0.29, 0.717) is 11.5 Å². The van der Waals surface area contributed by atoms with Gasteiger partial charge in [-0.3, -0.25) is 4.79 Å². The normalized spacial score (nSPS) is 21.2. The lowest BCUT2D eigenvalue weighted by molar-refractivity contribution is -0.131. The number of carbonyl (C=O) groups is 1. The molecule has 1 unspecified atom stereocenters. The molecule has 0 fully saturated rings. The quantitative estimate of drug-likeness (QED) is 0.630. The SMILES string of the molecule is CCOCCC[CH]CC1=CC(=O)C(OC)(c2ccc3c(c2)OCO3)C=C1. The molecule has 0 spiro atoms. The molecule has 1 aliphatic heterocycles. The molecule has 5 heteroatoms. The summed E-state index contributed by atoms with van der Waals surface area (Å²) in [5.41, 5.74) is 0.612. The Bertz CT molecular complexity index is 706. The van der Waals surface area contributed by atoms with Crippen molar-refractivity contribution in [1.29, 1.82) is 0 Å². The molecule has 0 amide bonds. The van der Waals surface area contributed by atoms with Crippen LogP contribution in [-0.2, 0) is 19.9 Å². The minimum Gasteiger partial charge on any atom is -0.454 e. The lowest BCUT2D eigenvalue weighted by atomic mass is 9.83. The summed E-state index contributed by atoms with van der Waals surface area (Å²) >= 11 is 0. The van der Waals surface area contributed by atoms with E-state index in [1.54, 1.807) is 13.2 Å². The smallest absolute Gasteiger partial charge is 0.231 e. The van der Waals surface area contributed by atoms with Gasteiger partial charge in [0.15, 0.2) is 22.9 Å². The molecule has 26 heavy (non-hydrogen) atoms. The molecule has 1 aliphatic carbocycles. The Hall–Kier alpha value is -2.11. The first-order valence-electron chi connectivity index (χ1n) is 8.98. The Morgan fingerprint density at radius 3 is 2.88 bits per heavy atom. The molecular formula is C21H25O5. The minimum atomic E-state index is -1.11. The molecule has 5 nitrogen and oxygen atoms in total. The number of methoxy groups -OCH3 is 1. The third-order valence-electron chi connectivity index (χ3n) is 4.62. The van der Waals surface area contributed by atoms with Crippen molar-refractivity contribution in [1.82, 2.24) is 0 Å². The Balaban J connectivity index is 1.65. The van der Waals surface area contributed by atoms with Gasteiger partial charge in [0.05, 0.1) is 0 Å². The highest BCUT2D eigenvalue weighted by Gasteiger charge is 2.39. The number of ether oxygens (including phenoxy) is 4. The van der Waals surface area contributed by atoms with Gasteiger partial charge in [-0.2, -0.15) is 0 Å². The van der Waals surface area contributed by atoms with Crippen molar-refractivity contribution in [3.8, 4) is 11.5 Å². The molecule has 0 aromatic heterocycles. The molecule has 1 radical (unpaired) electrons. The molecule has 0 N–H and O–H groups in total. The maximum atomic E-state index is 12.9. The zero-order chi connectivity index (χ0) is 18.4. The molecule has 1 atom stereocenters. The van der Waals surface area contributed by atoms with Crippen LogP contribution < -0.4 is 9.47 Å². The predicted octanol–water partition coefficient (Wildman–Crippen LogP) is 3.73. The van der Waals surface area contributed by atoms with Crippen LogP contribution in [0.2, 0.25) is 0 Å². The number of carbonyl (C=O) groups excluding carboxylic acids is 1. The Kier molecular flexibility index (Phi) is 6.12. The van der Waals surface area contributed by atoms with Crippen molar-refractivity contribution in [2.45, 2.75) is 31.8 Å². The van der Waals surface area contributed by atoms with Gasteiger partial charge in [0.1, 0.15) is 0 Å². The van der Waals surface area contributed by atoms with Gasteiger partial charge >= 0.3 is 0 Å². The van der Waals surface area contributed by atoms with Crippen molar-refractivity contribution >= 4 is 5.78 Å². The largest absolute Gasteiger partial charge is 0.454 e. The Morgan fingerprint density at radius 2 is 2.12 bits per heavy atom. The van der Waals surface area contributed by atoms with E-state index in [0.717, 1.165) is 43.6 Å². The van der Waals surface area contributed by atoms with Crippen molar-refractivity contribution < 1.29 is 23.7 Å². The summed E-state index contributed by atoms with van der Waals surface area (Å²) in [5.74, 6) is 1.24. The van der Waals surface area contributed by atoms with Crippen molar-refractivity contribution in [3.63, 3.8) is 0 Å². The first-order chi connectivity index (χ1) is 12.7. The number of rotatable bonds is 9. The van der Waals surface area contributed by atoms with Gasteiger partial charge in [-0.15, -0.1) is 0 Å². The fourth-order valence-electron chi connectivity index (χ4n) is 3.15. The molecule has 0 saturated heterocycles. The number of hydrogen-bond acceptors (Lipinski definition) is 5. The summed E-state index contributed by atoms with van der Waals surface area (Å²) in [4.78, 5) is 12.9. The molecule has 1 heterocycles. The average molecular weight is 357 g/mol. The highest BCUT2D eigenvalue weighted by atomic mass is 16.7. The van der Waals surface area contributed by atoms with E-state index in [1.165, 1.54) is 0 Å². The second-order valence-corrected chi connectivity index (χ2v) is 6.26. The molecule has 1 aromatic rings. The van der Waals surface area contributed by atoms with E-state index in [2.05, 4.69) is 6.42 Å². The Labute approximate surface area is 154 Å². The predicted molar refractivity (Wildman–Crippen MR) is 98.1 cm³/mol. The molecule has 1 aromatic carbocycles. The zero-order valence-electron chi connectivity index (χ0n) is 15.3. The monoisotopic (exact) mass is 357 g/mol. The van der Waals surface area contributed by atoms with E-state index in [9.17, 15) is 4.79 Å².